The van der Waals surface area contributed by atoms with Crippen LogP contribution in [0.3, 0.4) is 0 Å². The number of amides is 1. The first-order chi connectivity index (χ1) is 13.6. The van der Waals surface area contributed by atoms with Crippen molar-refractivity contribution in [3.63, 3.8) is 0 Å². The Labute approximate surface area is 168 Å². The van der Waals surface area contributed by atoms with E-state index in [0.29, 0.717) is 12.5 Å². The lowest BCUT2D eigenvalue weighted by Crippen LogP contribution is -2.45. The molecule has 0 aliphatic carbocycles. The fourth-order valence-corrected chi connectivity index (χ4v) is 4.66. The molecule has 2 aromatic rings. The normalized spacial score (nSPS) is 20.2. The lowest BCUT2D eigenvalue weighted by molar-refractivity contribution is -0.120. The molecule has 1 unspecified atom stereocenters. The van der Waals surface area contributed by atoms with E-state index < -0.39 is 0 Å². The van der Waals surface area contributed by atoms with Crippen LogP contribution in [0.5, 0.6) is 5.75 Å². The second-order valence-electron chi connectivity index (χ2n) is 8.22. The van der Waals surface area contributed by atoms with Gasteiger partial charge in [0.1, 0.15) is 5.75 Å². The van der Waals surface area contributed by atoms with Gasteiger partial charge in [-0.25, -0.2) is 0 Å². The van der Waals surface area contributed by atoms with E-state index in [2.05, 4.69) is 42.2 Å². The quantitative estimate of drug-likeness (QED) is 0.790. The number of carbonyl (C=O) groups is 1. The molecule has 1 saturated heterocycles. The van der Waals surface area contributed by atoms with Gasteiger partial charge in [-0.3, -0.25) is 9.69 Å². The largest absolute Gasteiger partial charge is 0.497 e. The number of benzene rings is 2. The molecule has 1 atom stereocenters. The van der Waals surface area contributed by atoms with Crippen molar-refractivity contribution in [1.29, 1.82) is 0 Å². The Balaban J connectivity index is 1.29. The molecule has 2 aliphatic rings. The number of anilines is 1. The van der Waals surface area contributed by atoms with Crippen molar-refractivity contribution in [2.24, 2.45) is 5.92 Å². The summed E-state index contributed by atoms with van der Waals surface area (Å²) in [5.74, 6) is 1.85. The first-order valence-electron chi connectivity index (χ1n) is 10.4. The van der Waals surface area contributed by atoms with Gasteiger partial charge in [-0.05, 0) is 80.9 Å². The summed E-state index contributed by atoms with van der Waals surface area (Å²) in [6, 6.07) is 17.0. The third-order valence-corrected chi connectivity index (χ3v) is 6.23. The molecule has 4 heteroatoms. The third-order valence-electron chi connectivity index (χ3n) is 6.23. The molecular formula is C24H30N2O2. The number of rotatable bonds is 5. The average Bonchev–Trinajstić information content (AvgIpc) is 3.06. The maximum atomic E-state index is 13.0. The SMILES string of the molecule is COc1ccc(CC2CCN(CC(=O)N3c4ccccc4CC3C)CC2)cc1. The molecule has 4 nitrogen and oxygen atoms in total. The lowest BCUT2D eigenvalue weighted by Gasteiger charge is -2.33. The Hall–Kier alpha value is -2.33. The molecule has 0 aromatic heterocycles. The fourth-order valence-electron chi connectivity index (χ4n) is 4.66. The van der Waals surface area contributed by atoms with Crippen LogP contribution < -0.4 is 9.64 Å². The summed E-state index contributed by atoms with van der Waals surface area (Å²) >= 11 is 0. The van der Waals surface area contributed by atoms with Crippen LogP contribution in [0, 0.1) is 5.92 Å². The van der Waals surface area contributed by atoms with Gasteiger partial charge in [0.25, 0.3) is 0 Å². The van der Waals surface area contributed by atoms with Crippen molar-refractivity contribution in [2.45, 2.75) is 38.6 Å². The molecule has 28 heavy (non-hydrogen) atoms. The lowest BCUT2D eigenvalue weighted by atomic mass is 9.90. The molecule has 0 bridgehead atoms. The number of fused-ring (bicyclic) bond motifs is 1. The van der Waals surface area contributed by atoms with Gasteiger partial charge in [-0.15, -0.1) is 0 Å². The highest BCUT2D eigenvalue weighted by molar-refractivity contribution is 5.97. The van der Waals surface area contributed by atoms with Gasteiger partial charge >= 0.3 is 0 Å². The number of nitrogens with zero attached hydrogens (tertiary/aromatic N) is 2. The molecule has 0 radical (unpaired) electrons. The van der Waals surface area contributed by atoms with Gasteiger partial charge in [-0.2, -0.15) is 0 Å². The summed E-state index contributed by atoms with van der Waals surface area (Å²) in [4.78, 5) is 17.3. The van der Waals surface area contributed by atoms with Crippen LogP contribution >= 0.6 is 0 Å². The highest BCUT2D eigenvalue weighted by Crippen LogP contribution is 2.32. The first-order valence-corrected chi connectivity index (χ1v) is 10.4. The molecule has 0 saturated carbocycles. The smallest absolute Gasteiger partial charge is 0.241 e. The minimum atomic E-state index is 0.242. The predicted octanol–water partition coefficient (Wildman–Crippen LogP) is 3.93. The van der Waals surface area contributed by atoms with E-state index in [0.717, 1.165) is 50.2 Å². The maximum Gasteiger partial charge on any atom is 0.241 e. The zero-order chi connectivity index (χ0) is 19.5. The van der Waals surface area contributed by atoms with Crippen LogP contribution in [0.1, 0.15) is 30.9 Å². The number of likely N-dealkylation sites (tertiary alicyclic amines) is 1. The molecular weight excluding hydrogens is 348 g/mol. The summed E-state index contributed by atoms with van der Waals surface area (Å²) in [5, 5.41) is 0. The summed E-state index contributed by atoms with van der Waals surface area (Å²) in [6.07, 6.45) is 4.39. The molecule has 148 valence electrons. The zero-order valence-corrected chi connectivity index (χ0v) is 16.9. The van der Waals surface area contributed by atoms with Crippen LogP contribution in [0.25, 0.3) is 0 Å². The van der Waals surface area contributed by atoms with Crippen LogP contribution in [-0.2, 0) is 17.6 Å². The average molecular weight is 379 g/mol. The van der Waals surface area contributed by atoms with Gasteiger partial charge < -0.3 is 9.64 Å². The molecule has 2 aromatic carbocycles. The van der Waals surface area contributed by atoms with Crippen molar-refractivity contribution < 1.29 is 9.53 Å². The number of ether oxygens (including phenoxy) is 1. The van der Waals surface area contributed by atoms with Gasteiger partial charge in [0, 0.05) is 11.7 Å². The fraction of sp³-hybridized carbons (Fsp3) is 0.458. The number of hydrogen-bond acceptors (Lipinski definition) is 3. The van der Waals surface area contributed by atoms with Crippen molar-refractivity contribution in [3.05, 3.63) is 59.7 Å². The summed E-state index contributed by atoms with van der Waals surface area (Å²) in [7, 11) is 1.70. The molecule has 1 amide bonds. The highest BCUT2D eigenvalue weighted by Gasteiger charge is 2.32. The predicted molar refractivity (Wildman–Crippen MR) is 113 cm³/mol. The molecule has 2 heterocycles. The van der Waals surface area contributed by atoms with E-state index in [9.17, 15) is 4.79 Å². The van der Waals surface area contributed by atoms with Gasteiger partial charge in [-0.1, -0.05) is 30.3 Å². The van der Waals surface area contributed by atoms with E-state index in [-0.39, 0.29) is 11.9 Å². The second-order valence-corrected chi connectivity index (χ2v) is 8.22. The first kappa shape index (κ1) is 19.0. The monoisotopic (exact) mass is 378 g/mol. The molecule has 0 N–H and O–H groups in total. The van der Waals surface area contributed by atoms with Crippen molar-refractivity contribution in [3.8, 4) is 5.75 Å². The second kappa shape index (κ2) is 8.36. The minimum Gasteiger partial charge on any atom is -0.497 e. The number of piperidine rings is 1. The molecule has 2 aliphatic heterocycles. The highest BCUT2D eigenvalue weighted by atomic mass is 16.5. The van der Waals surface area contributed by atoms with Crippen LogP contribution in [0.15, 0.2) is 48.5 Å². The Kier molecular flexibility index (Phi) is 5.67. The van der Waals surface area contributed by atoms with E-state index in [1.807, 2.05) is 23.1 Å². The molecule has 0 spiro atoms. The van der Waals surface area contributed by atoms with E-state index in [4.69, 9.17) is 4.74 Å². The van der Waals surface area contributed by atoms with Crippen LogP contribution in [0.2, 0.25) is 0 Å². The van der Waals surface area contributed by atoms with E-state index >= 15 is 0 Å². The Morgan fingerprint density at radius 3 is 2.50 bits per heavy atom. The number of carbonyl (C=O) groups excluding carboxylic acids is 1. The number of methoxy groups -OCH3 is 1. The summed E-state index contributed by atoms with van der Waals surface area (Å²) < 4.78 is 5.24. The third kappa shape index (κ3) is 4.07. The summed E-state index contributed by atoms with van der Waals surface area (Å²) in [6.45, 7) is 4.71. The molecule has 4 rings (SSSR count). The van der Waals surface area contributed by atoms with E-state index in [1.54, 1.807) is 7.11 Å². The Morgan fingerprint density at radius 1 is 1.07 bits per heavy atom. The number of para-hydroxylation sites is 1. The van der Waals surface area contributed by atoms with Gasteiger partial charge in [0.15, 0.2) is 0 Å². The van der Waals surface area contributed by atoms with Gasteiger partial charge in [0.2, 0.25) is 5.91 Å². The van der Waals surface area contributed by atoms with Gasteiger partial charge in [0.05, 0.1) is 13.7 Å². The Morgan fingerprint density at radius 2 is 1.79 bits per heavy atom. The standard InChI is InChI=1S/C24H30N2O2/c1-18-15-21-5-3-4-6-23(21)26(18)24(27)17-25-13-11-20(12-14-25)16-19-7-9-22(28-2)10-8-19/h3-10,18,20H,11-17H2,1-2H3. The zero-order valence-electron chi connectivity index (χ0n) is 16.9. The van der Waals surface area contributed by atoms with Crippen molar-refractivity contribution in [1.82, 2.24) is 4.90 Å². The topological polar surface area (TPSA) is 32.8 Å². The number of hydrogen-bond donors (Lipinski definition) is 0. The van der Waals surface area contributed by atoms with E-state index in [1.165, 1.54) is 11.1 Å². The maximum absolute atomic E-state index is 13.0. The van der Waals surface area contributed by atoms with Crippen LogP contribution in [-0.4, -0.2) is 43.6 Å². The van der Waals surface area contributed by atoms with Crippen LogP contribution in [0.4, 0.5) is 5.69 Å². The summed E-state index contributed by atoms with van der Waals surface area (Å²) in [5.41, 5.74) is 3.77. The van der Waals surface area contributed by atoms with Crippen molar-refractivity contribution in [2.75, 3.05) is 31.6 Å². The van der Waals surface area contributed by atoms with Crippen molar-refractivity contribution >= 4 is 11.6 Å². The minimum absolute atomic E-state index is 0.242. The Bertz CT molecular complexity index is 810. The molecule has 1 fully saturated rings.